The lowest BCUT2D eigenvalue weighted by Crippen LogP contribution is -2.06. The minimum absolute atomic E-state index is 0.0254. The molecule has 124 valence electrons. The van der Waals surface area contributed by atoms with Gasteiger partial charge in [-0.15, -0.1) is 0 Å². The van der Waals surface area contributed by atoms with Crippen LogP contribution in [0.25, 0.3) is 6.08 Å². The lowest BCUT2D eigenvalue weighted by Gasteiger charge is -1.99. The summed E-state index contributed by atoms with van der Waals surface area (Å²) in [6, 6.07) is 9.00. The smallest absolute Gasteiger partial charge is 0.269 e. The molecule has 0 saturated heterocycles. The van der Waals surface area contributed by atoms with Crippen molar-refractivity contribution < 1.29 is 14.5 Å². The van der Waals surface area contributed by atoms with Gasteiger partial charge in [-0.05, 0) is 23.8 Å². The maximum Gasteiger partial charge on any atom is 0.269 e. The van der Waals surface area contributed by atoms with E-state index >= 15 is 0 Å². The fourth-order valence-corrected chi connectivity index (χ4v) is 1.77. The molecule has 2 rings (SSSR count). The van der Waals surface area contributed by atoms with Gasteiger partial charge in [0.05, 0.1) is 15.0 Å². The van der Waals surface area contributed by atoms with Gasteiger partial charge in [0, 0.05) is 24.3 Å². The molecule has 9 heteroatoms. The SMILES string of the molecule is N#CC(C#N)=Cc1ccc([N+](=O)[O-])cc1.O=C1C=C(Cl)C(=O)C=C1Cl. The molecule has 0 aliphatic heterocycles. The van der Waals surface area contributed by atoms with Crippen molar-refractivity contribution in [2.75, 3.05) is 0 Å². The predicted molar refractivity (Wildman–Crippen MR) is 90.2 cm³/mol. The first-order chi connectivity index (χ1) is 11.8. The number of non-ortho nitro benzene ring substituents is 1. The van der Waals surface area contributed by atoms with Gasteiger partial charge in [0.2, 0.25) is 0 Å². The van der Waals surface area contributed by atoms with E-state index in [1.165, 1.54) is 30.3 Å². The number of halogens is 2. The summed E-state index contributed by atoms with van der Waals surface area (Å²) in [6.07, 6.45) is 3.38. The summed E-state index contributed by atoms with van der Waals surface area (Å²) < 4.78 is 0. The highest BCUT2D eigenvalue weighted by Gasteiger charge is 2.16. The molecule has 0 fully saturated rings. The third-order valence-electron chi connectivity index (χ3n) is 2.64. The number of nitrogens with zero attached hydrogens (tertiary/aromatic N) is 3. The zero-order valence-corrected chi connectivity index (χ0v) is 13.8. The number of nitro groups is 1. The second-order valence-electron chi connectivity index (χ2n) is 4.34. The second-order valence-corrected chi connectivity index (χ2v) is 5.16. The zero-order chi connectivity index (χ0) is 19.0. The van der Waals surface area contributed by atoms with Gasteiger partial charge >= 0.3 is 0 Å². The number of carbonyl (C=O) groups is 2. The first kappa shape index (κ1) is 19.8. The number of allylic oxidation sites excluding steroid dienone is 5. The average molecular weight is 376 g/mol. The van der Waals surface area contributed by atoms with E-state index in [9.17, 15) is 19.7 Å². The first-order valence-electron chi connectivity index (χ1n) is 6.38. The molecule has 0 spiro atoms. The van der Waals surface area contributed by atoms with Crippen LogP contribution in [0.4, 0.5) is 5.69 Å². The van der Waals surface area contributed by atoms with Crippen LogP contribution in [0.5, 0.6) is 0 Å². The third-order valence-corrected chi connectivity index (χ3v) is 3.23. The normalized spacial score (nSPS) is 12.5. The van der Waals surface area contributed by atoms with Crippen molar-refractivity contribution in [3.63, 3.8) is 0 Å². The Morgan fingerprint density at radius 3 is 1.80 bits per heavy atom. The Morgan fingerprint density at radius 2 is 1.44 bits per heavy atom. The van der Waals surface area contributed by atoms with Crippen molar-refractivity contribution in [2.24, 2.45) is 0 Å². The number of rotatable bonds is 2. The third kappa shape index (κ3) is 6.04. The lowest BCUT2D eigenvalue weighted by molar-refractivity contribution is -0.384. The Morgan fingerprint density at radius 1 is 1.00 bits per heavy atom. The van der Waals surface area contributed by atoms with Crippen LogP contribution in [-0.2, 0) is 9.59 Å². The number of hydrogen-bond acceptors (Lipinski definition) is 6. The molecule has 0 saturated carbocycles. The van der Waals surface area contributed by atoms with E-state index in [1.54, 1.807) is 12.1 Å². The second kappa shape index (κ2) is 9.14. The summed E-state index contributed by atoms with van der Waals surface area (Å²) in [5.41, 5.74) is 0.519. The summed E-state index contributed by atoms with van der Waals surface area (Å²) in [5.74, 6) is -0.850. The van der Waals surface area contributed by atoms with E-state index in [0.29, 0.717) is 5.56 Å². The maximum absolute atomic E-state index is 10.6. The largest absolute Gasteiger partial charge is 0.288 e. The van der Waals surface area contributed by atoms with Crippen LogP contribution in [0, 0.1) is 32.8 Å². The van der Waals surface area contributed by atoms with Crippen LogP contribution in [0.3, 0.4) is 0 Å². The molecule has 1 aromatic rings. The van der Waals surface area contributed by atoms with E-state index in [1.807, 2.05) is 0 Å². The zero-order valence-electron chi connectivity index (χ0n) is 12.3. The highest BCUT2D eigenvalue weighted by atomic mass is 35.5. The molecule has 25 heavy (non-hydrogen) atoms. The van der Waals surface area contributed by atoms with E-state index in [2.05, 4.69) is 0 Å². The molecule has 0 heterocycles. The van der Waals surface area contributed by atoms with Crippen LogP contribution in [0.1, 0.15) is 5.56 Å². The summed E-state index contributed by atoms with van der Waals surface area (Å²) in [4.78, 5) is 31.1. The molecule has 1 aliphatic rings. The predicted octanol–water partition coefficient (Wildman–Crippen LogP) is 3.41. The lowest BCUT2D eigenvalue weighted by atomic mass is 10.1. The summed E-state index contributed by atoms with van der Waals surface area (Å²) in [7, 11) is 0. The van der Waals surface area contributed by atoms with Gasteiger partial charge in [-0.1, -0.05) is 23.2 Å². The Bertz CT molecular complexity index is 857. The topological polar surface area (TPSA) is 125 Å². The van der Waals surface area contributed by atoms with Crippen LogP contribution < -0.4 is 0 Å². The van der Waals surface area contributed by atoms with Gasteiger partial charge in [-0.2, -0.15) is 10.5 Å². The fourth-order valence-electron chi connectivity index (χ4n) is 1.46. The molecule has 0 amide bonds. The van der Waals surface area contributed by atoms with Gasteiger partial charge in [0.1, 0.15) is 17.7 Å². The minimum atomic E-state index is -0.511. The van der Waals surface area contributed by atoms with Crippen LogP contribution in [0.15, 0.2) is 52.1 Å². The van der Waals surface area contributed by atoms with Gasteiger partial charge in [0.25, 0.3) is 5.69 Å². The average Bonchev–Trinajstić information content (AvgIpc) is 2.59. The van der Waals surface area contributed by atoms with Crippen molar-refractivity contribution in [1.82, 2.24) is 0 Å². The van der Waals surface area contributed by atoms with Gasteiger partial charge in [-0.25, -0.2) is 0 Å². The molecule has 7 nitrogen and oxygen atoms in total. The number of benzene rings is 1. The fraction of sp³-hybridized carbons (Fsp3) is 0. The molecule has 0 bridgehead atoms. The molecule has 0 unspecified atom stereocenters. The van der Waals surface area contributed by atoms with Crippen molar-refractivity contribution in [3.05, 3.63) is 67.7 Å². The quantitative estimate of drug-likeness (QED) is 0.337. The Kier molecular flexibility index (Phi) is 7.23. The Labute approximate surface area is 151 Å². The monoisotopic (exact) mass is 375 g/mol. The molecule has 1 aliphatic carbocycles. The summed E-state index contributed by atoms with van der Waals surface area (Å²) in [5, 5.41) is 27.1. The van der Waals surface area contributed by atoms with Crippen LogP contribution >= 0.6 is 23.2 Å². The van der Waals surface area contributed by atoms with Crippen molar-refractivity contribution in [3.8, 4) is 12.1 Å². The highest BCUT2D eigenvalue weighted by Crippen LogP contribution is 2.16. The van der Waals surface area contributed by atoms with E-state index < -0.39 is 16.5 Å². The standard InChI is InChI=1S/C10H5N3O2.C6H2Cl2O2/c11-6-9(7-12)5-8-1-3-10(4-2-8)13(14)15;7-3-1-5(9)4(8)2-6(3)10/h1-5H;1-2H. The highest BCUT2D eigenvalue weighted by molar-refractivity contribution is 6.53. The van der Waals surface area contributed by atoms with Gasteiger partial charge < -0.3 is 0 Å². The maximum atomic E-state index is 10.6. The van der Waals surface area contributed by atoms with Crippen molar-refractivity contribution in [1.29, 1.82) is 10.5 Å². The molecule has 0 radical (unpaired) electrons. The van der Waals surface area contributed by atoms with E-state index in [0.717, 1.165) is 12.2 Å². The number of ketones is 2. The van der Waals surface area contributed by atoms with Crippen molar-refractivity contribution in [2.45, 2.75) is 0 Å². The molecular formula is C16H7Cl2N3O4. The number of nitriles is 2. The van der Waals surface area contributed by atoms with Gasteiger partial charge in [0.15, 0.2) is 11.6 Å². The number of carbonyl (C=O) groups excluding carboxylic acids is 2. The Hall–Kier alpha value is -3.26. The summed E-state index contributed by atoms with van der Waals surface area (Å²) in [6.45, 7) is 0. The van der Waals surface area contributed by atoms with Crippen LogP contribution in [0.2, 0.25) is 0 Å². The molecule has 0 N–H and O–H groups in total. The number of nitro benzene ring substituents is 1. The minimum Gasteiger partial charge on any atom is -0.288 e. The van der Waals surface area contributed by atoms with Crippen LogP contribution in [-0.4, -0.2) is 16.5 Å². The summed E-state index contributed by atoms with van der Waals surface area (Å²) >= 11 is 10.6. The molecule has 0 aromatic heterocycles. The van der Waals surface area contributed by atoms with Gasteiger partial charge in [-0.3, -0.25) is 19.7 Å². The molecular weight excluding hydrogens is 369 g/mol. The molecule has 0 atom stereocenters. The van der Waals surface area contributed by atoms with E-state index in [4.69, 9.17) is 33.7 Å². The van der Waals surface area contributed by atoms with E-state index in [-0.39, 0.29) is 21.3 Å². The Balaban J connectivity index is 0.000000271. The molecule has 1 aromatic carbocycles. The van der Waals surface area contributed by atoms with Crippen molar-refractivity contribution >= 4 is 46.5 Å². The number of hydrogen-bond donors (Lipinski definition) is 0. The first-order valence-corrected chi connectivity index (χ1v) is 7.13.